The number of aromatic nitrogens is 2. The third-order valence-electron chi connectivity index (χ3n) is 9.20. The van der Waals surface area contributed by atoms with Gasteiger partial charge in [-0.15, -0.1) is 0 Å². The van der Waals surface area contributed by atoms with Gasteiger partial charge < -0.3 is 4.52 Å². The van der Waals surface area contributed by atoms with E-state index in [1.165, 1.54) is 22.3 Å². The first-order valence-electron chi connectivity index (χ1n) is 17.7. The van der Waals surface area contributed by atoms with Crippen LogP contribution < -0.4 is 4.57 Å². The summed E-state index contributed by atoms with van der Waals surface area (Å²) in [4.78, 5) is 4.64. The van der Waals surface area contributed by atoms with Crippen molar-refractivity contribution in [3.63, 3.8) is 0 Å². The minimum Gasteiger partial charge on any atom is -0.355 e. The Bertz CT molecular complexity index is 2310. The molecule has 0 bridgehead atoms. The van der Waals surface area contributed by atoms with E-state index in [0.717, 1.165) is 62.5 Å². The lowest BCUT2D eigenvalue weighted by molar-refractivity contribution is -0.688. The molecule has 4 heteroatoms. The molecule has 0 N–H and O–H groups in total. The highest BCUT2D eigenvalue weighted by Gasteiger charge is 2.21. The Balaban J connectivity index is 1.12. The Morgan fingerprint density at radius 1 is 0.635 bits per heavy atom. The molecule has 254 valence electrons. The summed E-state index contributed by atoms with van der Waals surface area (Å²) in [6.45, 7) is 7.74. The van der Waals surface area contributed by atoms with Gasteiger partial charge in [0.15, 0.2) is 24.7 Å². The van der Waals surface area contributed by atoms with Crippen LogP contribution in [0, 0.1) is 13.8 Å². The number of aryl methyl sites for hydroxylation is 2. The normalized spacial score (nSPS) is 11.9. The average molecular weight is 677 g/mol. The molecule has 2 heterocycles. The molecule has 0 radical (unpaired) electrons. The standard InChI is InChI=1S/C48H42N3O/c1-4-8-39(27-30-49-33-37-15-11-35(2)12-16-37)40-19-23-44(24-20-40)47-46(43-9-6-5-7-10-43)48(52-50-47)45-25-21-41(22-26-45)42-28-31-51(32-29-42)34-38-17-13-36(3)14-18-38/h4-32H,33-34H2,1-3H3/q+1. The summed E-state index contributed by atoms with van der Waals surface area (Å²) in [7, 11) is 0. The summed E-state index contributed by atoms with van der Waals surface area (Å²) >= 11 is 0. The van der Waals surface area contributed by atoms with Crippen molar-refractivity contribution in [3.8, 4) is 44.8 Å². The second-order valence-corrected chi connectivity index (χ2v) is 13.1. The smallest absolute Gasteiger partial charge is 0.175 e. The average Bonchev–Trinajstić information content (AvgIpc) is 3.64. The van der Waals surface area contributed by atoms with E-state index in [1.54, 1.807) is 0 Å². The van der Waals surface area contributed by atoms with Crippen LogP contribution in [-0.2, 0) is 13.1 Å². The zero-order valence-corrected chi connectivity index (χ0v) is 29.9. The maximum absolute atomic E-state index is 6.15. The number of benzene rings is 5. The first-order chi connectivity index (χ1) is 25.5. The highest BCUT2D eigenvalue weighted by atomic mass is 16.5. The molecule has 7 aromatic rings. The summed E-state index contributed by atoms with van der Waals surface area (Å²) in [6.07, 6.45) is 12.4. The van der Waals surface area contributed by atoms with Crippen molar-refractivity contribution in [1.29, 1.82) is 0 Å². The predicted molar refractivity (Wildman–Crippen MR) is 215 cm³/mol. The van der Waals surface area contributed by atoms with Crippen molar-refractivity contribution >= 4 is 11.8 Å². The second kappa shape index (κ2) is 16.1. The first kappa shape index (κ1) is 34.1. The Morgan fingerprint density at radius 2 is 1.23 bits per heavy atom. The number of hydrogen-bond donors (Lipinski definition) is 0. The van der Waals surface area contributed by atoms with Crippen LogP contribution in [0.4, 0.5) is 0 Å². The van der Waals surface area contributed by atoms with Gasteiger partial charge in [-0.1, -0.05) is 156 Å². The molecule has 0 fully saturated rings. The summed E-state index contributed by atoms with van der Waals surface area (Å²) < 4.78 is 8.35. The van der Waals surface area contributed by atoms with Crippen molar-refractivity contribution < 1.29 is 9.09 Å². The highest BCUT2D eigenvalue weighted by Crippen LogP contribution is 2.40. The van der Waals surface area contributed by atoms with Gasteiger partial charge in [-0.25, -0.2) is 4.57 Å². The van der Waals surface area contributed by atoms with Gasteiger partial charge in [0.05, 0.1) is 12.1 Å². The number of pyridine rings is 1. The fourth-order valence-corrected chi connectivity index (χ4v) is 6.26. The largest absolute Gasteiger partial charge is 0.355 e. The molecule has 0 spiro atoms. The summed E-state index contributed by atoms with van der Waals surface area (Å²) in [6, 6.07) is 49.0. The molecule has 0 amide bonds. The summed E-state index contributed by atoms with van der Waals surface area (Å²) in [5.74, 6) is 0.750. The number of rotatable bonds is 11. The molecule has 0 aliphatic rings. The van der Waals surface area contributed by atoms with Crippen LogP contribution in [0.1, 0.15) is 34.7 Å². The minimum atomic E-state index is 0.652. The second-order valence-electron chi connectivity index (χ2n) is 13.1. The fraction of sp³-hybridized carbons (Fsp3) is 0.104. The molecule has 0 aliphatic heterocycles. The van der Waals surface area contributed by atoms with Crippen molar-refractivity contribution in [3.05, 3.63) is 198 Å². The molecular formula is C48H42N3O+. The van der Waals surface area contributed by atoms with Crippen molar-refractivity contribution in [2.45, 2.75) is 33.9 Å². The molecule has 4 nitrogen and oxygen atoms in total. The van der Waals surface area contributed by atoms with Crippen molar-refractivity contribution in [2.75, 3.05) is 0 Å². The molecule has 0 atom stereocenters. The van der Waals surface area contributed by atoms with E-state index in [0.29, 0.717) is 6.54 Å². The fourth-order valence-electron chi connectivity index (χ4n) is 6.26. The van der Waals surface area contributed by atoms with Crippen LogP contribution in [0.5, 0.6) is 0 Å². The van der Waals surface area contributed by atoms with E-state index in [2.05, 4.69) is 193 Å². The first-order valence-corrected chi connectivity index (χ1v) is 17.7. The topological polar surface area (TPSA) is 42.3 Å². The van der Waals surface area contributed by atoms with Gasteiger partial charge in [0.2, 0.25) is 0 Å². The van der Waals surface area contributed by atoms with Gasteiger partial charge in [0.25, 0.3) is 0 Å². The molecule has 0 saturated heterocycles. The van der Waals surface area contributed by atoms with Crippen molar-refractivity contribution in [1.82, 2.24) is 5.16 Å². The van der Waals surface area contributed by atoms with Gasteiger partial charge in [-0.2, -0.15) is 0 Å². The van der Waals surface area contributed by atoms with Crippen LogP contribution >= 0.6 is 0 Å². The van der Waals surface area contributed by atoms with Gasteiger partial charge in [0.1, 0.15) is 5.69 Å². The molecule has 0 unspecified atom stereocenters. The zero-order valence-electron chi connectivity index (χ0n) is 29.9. The Hall–Kier alpha value is -6.39. The molecule has 0 aliphatic carbocycles. The Labute approximate surface area is 306 Å². The summed E-state index contributed by atoms with van der Waals surface area (Å²) in [5, 5.41) is 4.65. The number of allylic oxidation sites excluding steroid dienone is 4. The lowest BCUT2D eigenvalue weighted by Crippen LogP contribution is -2.32. The van der Waals surface area contributed by atoms with Crippen molar-refractivity contribution in [2.24, 2.45) is 4.99 Å². The zero-order chi connectivity index (χ0) is 35.7. The summed E-state index contributed by atoms with van der Waals surface area (Å²) in [5.41, 5.74) is 14.3. The van der Waals surface area contributed by atoms with E-state index in [1.807, 2.05) is 19.2 Å². The molecule has 0 saturated carbocycles. The Kier molecular flexibility index (Phi) is 10.5. The molecule has 5 aromatic carbocycles. The lowest BCUT2D eigenvalue weighted by atomic mass is 9.94. The van der Waals surface area contributed by atoms with Crippen LogP contribution in [0.25, 0.3) is 50.4 Å². The monoisotopic (exact) mass is 676 g/mol. The predicted octanol–water partition coefficient (Wildman–Crippen LogP) is 11.5. The third kappa shape index (κ3) is 8.14. The molecule has 2 aromatic heterocycles. The molecular weight excluding hydrogens is 635 g/mol. The lowest BCUT2D eigenvalue weighted by Gasteiger charge is -2.08. The Morgan fingerprint density at radius 3 is 1.88 bits per heavy atom. The van der Waals surface area contributed by atoms with E-state index >= 15 is 0 Å². The van der Waals surface area contributed by atoms with Gasteiger partial charge in [-0.3, -0.25) is 4.99 Å². The van der Waals surface area contributed by atoms with Crippen LogP contribution in [0.15, 0.2) is 180 Å². The number of aliphatic imine (C=N–C) groups is 1. The van der Waals surface area contributed by atoms with Gasteiger partial charge >= 0.3 is 0 Å². The maximum Gasteiger partial charge on any atom is 0.175 e. The quantitative estimate of drug-likeness (QED) is 0.0777. The molecule has 7 rings (SSSR count). The third-order valence-corrected chi connectivity index (χ3v) is 9.20. The number of hydrogen-bond acceptors (Lipinski definition) is 3. The minimum absolute atomic E-state index is 0.652. The van der Waals surface area contributed by atoms with Crippen LogP contribution in [-0.4, -0.2) is 11.4 Å². The van der Waals surface area contributed by atoms with Gasteiger partial charge in [0, 0.05) is 35.0 Å². The highest BCUT2D eigenvalue weighted by molar-refractivity contribution is 5.92. The SMILES string of the molecule is CC=CC(=CC=NCc1ccc(C)cc1)c1ccc(-c2noc(-c3ccc(-c4cc[n+](Cc5ccc(C)cc5)cc4)cc3)c2-c2ccccc2)cc1. The van der Waals surface area contributed by atoms with Crippen LogP contribution in [0.3, 0.4) is 0 Å². The van der Waals surface area contributed by atoms with Crippen LogP contribution in [0.2, 0.25) is 0 Å². The van der Waals surface area contributed by atoms with E-state index in [4.69, 9.17) is 4.52 Å². The van der Waals surface area contributed by atoms with Gasteiger partial charge in [-0.05, 0) is 60.2 Å². The van der Waals surface area contributed by atoms with E-state index < -0.39 is 0 Å². The number of nitrogens with zero attached hydrogens (tertiary/aromatic N) is 3. The van der Waals surface area contributed by atoms with E-state index in [9.17, 15) is 0 Å². The van der Waals surface area contributed by atoms with E-state index in [-0.39, 0.29) is 0 Å². The molecule has 52 heavy (non-hydrogen) atoms. The maximum atomic E-state index is 6.15.